The smallest absolute Gasteiger partial charge is 0.278 e. The first-order chi connectivity index (χ1) is 14.5. The van der Waals surface area contributed by atoms with Gasteiger partial charge in [0.05, 0.1) is 5.57 Å². The molecule has 1 aliphatic rings. The molecule has 4 nitrogen and oxygen atoms in total. The van der Waals surface area contributed by atoms with Gasteiger partial charge < -0.3 is 5.32 Å². The molecule has 150 valence electrons. The average molecular weight is 421 g/mol. The second-order valence-corrected chi connectivity index (χ2v) is 7.32. The summed E-state index contributed by atoms with van der Waals surface area (Å²) in [7, 11) is 0. The lowest BCUT2D eigenvalue weighted by atomic mass is 10.0. The first-order valence-corrected chi connectivity index (χ1v) is 9.83. The highest BCUT2D eigenvalue weighted by molar-refractivity contribution is 6.36. The quantitative estimate of drug-likeness (QED) is 0.576. The number of para-hydroxylation sites is 1. The van der Waals surface area contributed by atoms with Gasteiger partial charge in [-0.1, -0.05) is 54.1 Å². The largest absolute Gasteiger partial charge is 0.350 e. The Morgan fingerprint density at radius 1 is 0.833 bits per heavy atom. The van der Waals surface area contributed by atoms with Crippen molar-refractivity contribution in [3.63, 3.8) is 0 Å². The number of nitrogens with one attached hydrogen (secondary N) is 1. The predicted molar refractivity (Wildman–Crippen MR) is 115 cm³/mol. The van der Waals surface area contributed by atoms with Crippen molar-refractivity contribution in [3.8, 4) is 0 Å². The van der Waals surface area contributed by atoms with Crippen molar-refractivity contribution in [1.82, 2.24) is 4.90 Å². The van der Waals surface area contributed by atoms with Crippen molar-refractivity contribution in [3.05, 3.63) is 107 Å². The minimum absolute atomic E-state index is 0.195. The molecule has 0 aromatic heterocycles. The van der Waals surface area contributed by atoms with E-state index in [1.54, 1.807) is 36.4 Å². The number of benzene rings is 3. The lowest BCUT2D eigenvalue weighted by molar-refractivity contribution is -0.136. The molecule has 0 fully saturated rings. The van der Waals surface area contributed by atoms with Gasteiger partial charge in [-0.05, 0) is 53.9 Å². The van der Waals surface area contributed by atoms with Gasteiger partial charge in [-0.2, -0.15) is 0 Å². The molecule has 30 heavy (non-hydrogen) atoms. The third kappa shape index (κ3) is 4.11. The molecular weight excluding hydrogens is 403 g/mol. The van der Waals surface area contributed by atoms with Crippen molar-refractivity contribution in [1.29, 1.82) is 0 Å². The average Bonchev–Trinajstić information content (AvgIpc) is 2.98. The number of carbonyl (C=O) groups excluding carboxylic acids is 2. The topological polar surface area (TPSA) is 49.4 Å². The van der Waals surface area contributed by atoms with E-state index in [1.807, 2.05) is 30.3 Å². The maximum Gasteiger partial charge on any atom is 0.278 e. The molecule has 2 amide bonds. The fraction of sp³-hybridized carbons (Fsp3) is 0.0833. The predicted octanol–water partition coefficient (Wildman–Crippen LogP) is 4.91. The summed E-state index contributed by atoms with van der Waals surface area (Å²) in [5.41, 5.74) is 2.70. The monoisotopic (exact) mass is 420 g/mol. The van der Waals surface area contributed by atoms with Crippen molar-refractivity contribution in [2.45, 2.75) is 6.42 Å². The van der Waals surface area contributed by atoms with Crippen LogP contribution in [0, 0.1) is 5.82 Å². The Kier molecular flexibility index (Phi) is 5.63. The molecule has 1 N–H and O–H groups in total. The molecule has 1 heterocycles. The van der Waals surface area contributed by atoms with Crippen LogP contribution in [0.4, 0.5) is 10.1 Å². The molecule has 0 saturated heterocycles. The van der Waals surface area contributed by atoms with Crippen LogP contribution in [0.2, 0.25) is 5.02 Å². The van der Waals surface area contributed by atoms with Gasteiger partial charge in [0.1, 0.15) is 11.5 Å². The molecule has 0 aliphatic carbocycles. The number of rotatable bonds is 6. The van der Waals surface area contributed by atoms with Gasteiger partial charge in [0.15, 0.2) is 0 Å². The van der Waals surface area contributed by atoms with E-state index in [4.69, 9.17) is 11.6 Å². The van der Waals surface area contributed by atoms with E-state index < -0.39 is 5.91 Å². The van der Waals surface area contributed by atoms with Crippen molar-refractivity contribution in [2.24, 2.45) is 0 Å². The van der Waals surface area contributed by atoms with Crippen molar-refractivity contribution >= 4 is 34.7 Å². The zero-order valence-corrected chi connectivity index (χ0v) is 16.7. The van der Waals surface area contributed by atoms with Crippen LogP contribution in [-0.4, -0.2) is 23.3 Å². The van der Waals surface area contributed by atoms with E-state index in [2.05, 4.69) is 5.32 Å². The second kappa shape index (κ2) is 8.51. The highest BCUT2D eigenvalue weighted by Gasteiger charge is 2.38. The van der Waals surface area contributed by atoms with Crippen LogP contribution in [0.25, 0.3) is 5.57 Å². The summed E-state index contributed by atoms with van der Waals surface area (Å²) in [4.78, 5) is 27.6. The third-order valence-electron chi connectivity index (χ3n) is 4.88. The minimum atomic E-state index is -0.393. The van der Waals surface area contributed by atoms with Gasteiger partial charge in [0.25, 0.3) is 11.8 Å². The van der Waals surface area contributed by atoms with Gasteiger partial charge in [-0.3, -0.25) is 14.5 Å². The van der Waals surface area contributed by atoms with E-state index in [1.165, 1.54) is 17.0 Å². The van der Waals surface area contributed by atoms with E-state index in [0.29, 0.717) is 28.3 Å². The normalized spacial score (nSPS) is 13.9. The third-order valence-corrected chi connectivity index (χ3v) is 5.13. The number of hydrogen-bond acceptors (Lipinski definition) is 3. The Hall–Kier alpha value is -3.44. The molecule has 0 unspecified atom stereocenters. The molecular formula is C24H18ClFN2O2. The van der Waals surface area contributed by atoms with Crippen molar-refractivity contribution < 1.29 is 14.0 Å². The summed E-state index contributed by atoms with van der Waals surface area (Å²) in [6.07, 6.45) is 0.435. The van der Waals surface area contributed by atoms with E-state index in [0.717, 1.165) is 5.56 Å². The second-order valence-electron chi connectivity index (χ2n) is 6.89. The van der Waals surface area contributed by atoms with Crippen LogP contribution >= 0.6 is 11.6 Å². The summed E-state index contributed by atoms with van der Waals surface area (Å²) in [6, 6.07) is 22.0. The molecule has 0 radical (unpaired) electrons. The van der Waals surface area contributed by atoms with Gasteiger partial charge >= 0.3 is 0 Å². The molecule has 0 bridgehead atoms. The number of carbonyl (C=O) groups is 2. The summed E-state index contributed by atoms with van der Waals surface area (Å²) in [5.74, 6) is -1.09. The van der Waals surface area contributed by atoms with Gasteiger partial charge in [-0.25, -0.2) is 4.39 Å². The van der Waals surface area contributed by atoms with Crippen LogP contribution in [0.5, 0.6) is 0 Å². The van der Waals surface area contributed by atoms with Gasteiger partial charge in [0, 0.05) is 17.3 Å². The first kappa shape index (κ1) is 19.9. The van der Waals surface area contributed by atoms with Crippen LogP contribution in [0.3, 0.4) is 0 Å². The summed E-state index contributed by atoms with van der Waals surface area (Å²) < 4.78 is 13.1. The molecule has 6 heteroatoms. The Morgan fingerprint density at radius 2 is 1.50 bits per heavy atom. The number of hydrogen-bond donors (Lipinski definition) is 1. The van der Waals surface area contributed by atoms with E-state index in [9.17, 15) is 14.0 Å². The Morgan fingerprint density at radius 3 is 2.17 bits per heavy atom. The number of nitrogens with zero attached hydrogens (tertiary/aromatic N) is 1. The zero-order valence-electron chi connectivity index (χ0n) is 15.9. The summed E-state index contributed by atoms with van der Waals surface area (Å²) in [6.45, 7) is 0.195. The molecule has 0 saturated carbocycles. The lowest BCUT2D eigenvalue weighted by Gasteiger charge is -2.15. The Bertz CT molecular complexity index is 1110. The molecule has 0 spiro atoms. The van der Waals surface area contributed by atoms with Gasteiger partial charge in [0.2, 0.25) is 0 Å². The maximum absolute atomic E-state index is 13.2. The summed E-state index contributed by atoms with van der Waals surface area (Å²) in [5, 5.41) is 3.65. The first-order valence-electron chi connectivity index (χ1n) is 9.46. The molecule has 4 rings (SSSR count). The van der Waals surface area contributed by atoms with Crippen LogP contribution in [-0.2, 0) is 16.0 Å². The Balaban J connectivity index is 1.64. The fourth-order valence-electron chi connectivity index (χ4n) is 3.34. The fourth-order valence-corrected chi connectivity index (χ4v) is 3.46. The van der Waals surface area contributed by atoms with Crippen LogP contribution in [0.1, 0.15) is 11.1 Å². The van der Waals surface area contributed by atoms with Crippen molar-refractivity contribution in [2.75, 3.05) is 11.9 Å². The Labute approximate surface area is 178 Å². The number of halogens is 2. The molecule has 3 aromatic carbocycles. The molecule has 3 aromatic rings. The van der Waals surface area contributed by atoms with E-state index >= 15 is 0 Å². The van der Waals surface area contributed by atoms with Crippen LogP contribution in [0.15, 0.2) is 84.6 Å². The number of imide groups is 1. The molecule has 0 atom stereocenters. The molecule has 1 aliphatic heterocycles. The number of amides is 2. The highest BCUT2D eigenvalue weighted by atomic mass is 35.5. The van der Waals surface area contributed by atoms with Crippen LogP contribution < -0.4 is 5.32 Å². The summed E-state index contributed by atoms with van der Waals surface area (Å²) >= 11 is 5.99. The SMILES string of the molecule is O=C1C(Nc2ccccc2)=C(c2ccc(Cl)cc2)C(=O)N1CCc1ccc(F)cc1. The minimum Gasteiger partial charge on any atom is -0.350 e. The lowest BCUT2D eigenvalue weighted by Crippen LogP contribution is -2.34. The van der Waals surface area contributed by atoms with Gasteiger partial charge in [-0.15, -0.1) is 0 Å². The maximum atomic E-state index is 13.2. The number of anilines is 1. The standard InChI is InChI=1S/C24H18ClFN2O2/c25-18-10-8-17(9-11-18)21-22(27-20-4-2-1-3-5-20)24(30)28(23(21)29)15-14-16-6-12-19(26)13-7-16/h1-13,27H,14-15H2. The van der Waals surface area contributed by atoms with E-state index in [-0.39, 0.29) is 24.0 Å². The highest BCUT2D eigenvalue weighted by Crippen LogP contribution is 2.31. The zero-order chi connectivity index (χ0) is 21.1.